The number of fused-ring (bicyclic) bond motifs is 3. The number of hydrogen-bond donors (Lipinski definition) is 3. The molecule has 3 aromatic rings. The van der Waals surface area contributed by atoms with E-state index in [4.69, 9.17) is 4.42 Å². The summed E-state index contributed by atoms with van der Waals surface area (Å²) in [5.41, 5.74) is 0.937. The van der Waals surface area contributed by atoms with Crippen LogP contribution in [-0.4, -0.2) is 15.3 Å². The first-order valence-corrected chi connectivity index (χ1v) is 4.73. The van der Waals surface area contributed by atoms with E-state index in [9.17, 15) is 15.3 Å². The summed E-state index contributed by atoms with van der Waals surface area (Å²) in [6.45, 7) is 0. The van der Waals surface area contributed by atoms with Crippen LogP contribution in [0.3, 0.4) is 0 Å². The molecule has 0 aliphatic carbocycles. The molecule has 4 heteroatoms. The number of benzene rings is 2. The van der Waals surface area contributed by atoms with Gasteiger partial charge in [-0.3, -0.25) is 0 Å². The number of furan rings is 1. The summed E-state index contributed by atoms with van der Waals surface area (Å²) in [5.74, 6) is -1.29. The Morgan fingerprint density at radius 1 is 0.875 bits per heavy atom. The van der Waals surface area contributed by atoms with Gasteiger partial charge in [0.15, 0.2) is 11.5 Å². The molecule has 0 aliphatic heterocycles. The summed E-state index contributed by atoms with van der Waals surface area (Å²) in [7, 11) is 0. The fourth-order valence-electron chi connectivity index (χ4n) is 1.84. The molecule has 0 radical (unpaired) electrons. The molecule has 0 unspecified atom stereocenters. The first-order valence-electron chi connectivity index (χ1n) is 4.73. The molecule has 0 saturated carbocycles. The van der Waals surface area contributed by atoms with Crippen molar-refractivity contribution in [1.82, 2.24) is 0 Å². The number of rotatable bonds is 0. The van der Waals surface area contributed by atoms with E-state index in [1.807, 2.05) is 6.07 Å². The summed E-state index contributed by atoms with van der Waals surface area (Å²) in [4.78, 5) is 0. The molecule has 0 fully saturated rings. The Kier molecular flexibility index (Phi) is 1.57. The highest BCUT2D eigenvalue weighted by atomic mass is 16.3. The van der Waals surface area contributed by atoms with Gasteiger partial charge in [0.2, 0.25) is 5.75 Å². The summed E-state index contributed by atoms with van der Waals surface area (Å²) in [5, 5.41) is 29.7. The number of phenolic OH excluding ortho intramolecular Hbond substituents is 3. The Balaban J connectivity index is 2.62. The molecule has 0 saturated heterocycles. The maximum atomic E-state index is 9.76. The predicted octanol–water partition coefficient (Wildman–Crippen LogP) is 2.70. The second-order valence-corrected chi connectivity index (χ2v) is 3.56. The highest BCUT2D eigenvalue weighted by Crippen LogP contribution is 2.45. The van der Waals surface area contributed by atoms with E-state index in [0.717, 1.165) is 0 Å². The fourth-order valence-corrected chi connectivity index (χ4v) is 1.84. The maximum Gasteiger partial charge on any atom is 0.201 e. The van der Waals surface area contributed by atoms with Gasteiger partial charge in [-0.15, -0.1) is 0 Å². The lowest BCUT2D eigenvalue weighted by Gasteiger charge is -2.00. The standard InChI is InChI=1S/C12H8O4/c13-7-5-9-10(12(15)11(7)14)6-3-1-2-4-8(6)16-9/h1-5,13-15H. The first kappa shape index (κ1) is 8.91. The third-order valence-electron chi connectivity index (χ3n) is 2.59. The zero-order valence-electron chi connectivity index (χ0n) is 8.14. The Morgan fingerprint density at radius 3 is 2.44 bits per heavy atom. The Morgan fingerprint density at radius 2 is 1.62 bits per heavy atom. The van der Waals surface area contributed by atoms with E-state index >= 15 is 0 Å². The molecule has 16 heavy (non-hydrogen) atoms. The Bertz CT molecular complexity index is 697. The molecule has 1 aromatic heterocycles. The molecule has 4 nitrogen and oxygen atoms in total. The first-order chi connectivity index (χ1) is 7.68. The molecule has 3 N–H and O–H groups in total. The van der Waals surface area contributed by atoms with Gasteiger partial charge >= 0.3 is 0 Å². The predicted molar refractivity (Wildman–Crippen MR) is 58.7 cm³/mol. The van der Waals surface area contributed by atoms with Gasteiger partial charge in [0.1, 0.15) is 11.2 Å². The minimum Gasteiger partial charge on any atom is -0.504 e. The molecule has 0 bridgehead atoms. The van der Waals surface area contributed by atoms with Crippen molar-refractivity contribution in [2.24, 2.45) is 0 Å². The van der Waals surface area contributed by atoms with Crippen molar-refractivity contribution in [2.45, 2.75) is 0 Å². The lowest BCUT2D eigenvalue weighted by Crippen LogP contribution is -1.73. The normalized spacial score (nSPS) is 11.2. The van der Waals surface area contributed by atoms with Crippen LogP contribution < -0.4 is 0 Å². The highest BCUT2D eigenvalue weighted by Gasteiger charge is 2.17. The zero-order valence-corrected chi connectivity index (χ0v) is 8.14. The Hall–Kier alpha value is -2.36. The van der Waals surface area contributed by atoms with E-state index in [0.29, 0.717) is 21.9 Å². The lowest BCUT2D eigenvalue weighted by molar-refractivity contribution is 0.371. The monoisotopic (exact) mass is 216 g/mol. The van der Waals surface area contributed by atoms with E-state index in [1.165, 1.54) is 6.07 Å². The topological polar surface area (TPSA) is 73.8 Å². The van der Waals surface area contributed by atoms with Gasteiger partial charge in [-0.25, -0.2) is 0 Å². The molecule has 0 atom stereocenters. The third kappa shape index (κ3) is 0.982. The molecule has 80 valence electrons. The van der Waals surface area contributed by atoms with Crippen LogP contribution in [0.4, 0.5) is 0 Å². The van der Waals surface area contributed by atoms with E-state index in [2.05, 4.69) is 0 Å². The minimum atomic E-state index is -0.529. The molecule has 0 aliphatic rings. The third-order valence-corrected chi connectivity index (χ3v) is 2.59. The minimum absolute atomic E-state index is 0.342. The molecular formula is C12H8O4. The van der Waals surface area contributed by atoms with Gasteiger partial charge in [0, 0.05) is 11.5 Å². The van der Waals surface area contributed by atoms with Gasteiger partial charge in [0.25, 0.3) is 0 Å². The molecule has 2 aromatic carbocycles. The molecular weight excluding hydrogens is 208 g/mol. The van der Waals surface area contributed by atoms with E-state index < -0.39 is 11.5 Å². The second kappa shape index (κ2) is 2.82. The van der Waals surface area contributed by atoms with Crippen molar-refractivity contribution in [2.75, 3.05) is 0 Å². The summed E-state index contributed by atoms with van der Waals surface area (Å²) in [6.07, 6.45) is 0. The van der Waals surface area contributed by atoms with Gasteiger partial charge in [-0.05, 0) is 6.07 Å². The summed E-state index contributed by atoms with van der Waals surface area (Å²) < 4.78 is 5.44. The van der Waals surface area contributed by atoms with Crippen LogP contribution in [0.5, 0.6) is 17.2 Å². The van der Waals surface area contributed by atoms with Crippen LogP contribution >= 0.6 is 0 Å². The van der Waals surface area contributed by atoms with Crippen LogP contribution in [0.25, 0.3) is 21.9 Å². The molecule has 0 spiro atoms. The zero-order chi connectivity index (χ0) is 11.3. The number of phenols is 3. The van der Waals surface area contributed by atoms with Gasteiger partial charge in [-0.2, -0.15) is 0 Å². The summed E-state index contributed by atoms with van der Waals surface area (Å²) in [6, 6.07) is 8.42. The second-order valence-electron chi connectivity index (χ2n) is 3.56. The Labute approximate surface area is 90.0 Å². The average molecular weight is 216 g/mol. The molecule has 0 amide bonds. The van der Waals surface area contributed by atoms with Gasteiger partial charge in [-0.1, -0.05) is 18.2 Å². The maximum absolute atomic E-state index is 9.76. The quantitative estimate of drug-likeness (QED) is 0.505. The lowest BCUT2D eigenvalue weighted by atomic mass is 10.1. The van der Waals surface area contributed by atoms with Crippen LogP contribution in [0.1, 0.15) is 0 Å². The average Bonchev–Trinajstić information content (AvgIpc) is 2.64. The fraction of sp³-hybridized carbons (Fsp3) is 0. The summed E-state index contributed by atoms with van der Waals surface area (Å²) >= 11 is 0. The van der Waals surface area contributed by atoms with Crippen molar-refractivity contribution in [3.8, 4) is 17.2 Å². The highest BCUT2D eigenvalue weighted by molar-refractivity contribution is 6.09. The van der Waals surface area contributed by atoms with Crippen molar-refractivity contribution < 1.29 is 19.7 Å². The van der Waals surface area contributed by atoms with Crippen LogP contribution in [0, 0.1) is 0 Å². The van der Waals surface area contributed by atoms with Gasteiger partial charge in [0.05, 0.1) is 5.39 Å². The molecule has 3 rings (SSSR count). The van der Waals surface area contributed by atoms with E-state index in [1.54, 1.807) is 18.2 Å². The smallest absolute Gasteiger partial charge is 0.201 e. The van der Waals surface area contributed by atoms with Crippen LogP contribution in [0.2, 0.25) is 0 Å². The largest absolute Gasteiger partial charge is 0.504 e. The van der Waals surface area contributed by atoms with Crippen molar-refractivity contribution in [3.63, 3.8) is 0 Å². The van der Waals surface area contributed by atoms with E-state index in [-0.39, 0.29) is 5.75 Å². The van der Waals surface area contributed by atoms with Crippen molar-refractivity contribution in [1.29, 1.82) is 0 Å². The SMILES string of the molecule is Oc1cc2oc3ccccc3c2c(O)c1O. The number of hydrogen-bond acceptors (Lipinski definition) is 4. The van der Waals surface area contributed by atoms with Crippen LogP contribution in [-0.2, 0) is 0 Å². The van der Waals surface area contributed by atoms with Crippen molar-refractivity contribution >= 4 is 21.9 Å². The van der Waals surface area contributed by atoms with Gasteiger partial charge < -0.3 is 19.7 Å². The molecule has 1 heterocycles. The number of aromatic hydroxyl groups is 3. The van der Waals surface area contributed by atoms with Crippen LogP contribution in [0.15, 0.2) is 34.7 Å². The number of para-hydroxylation sites is 1. The van der Waals surface area contributed by atoms with Crippen molar-refractivity contribution in [3.05, 3.63) is 30.3 Å².